The Labute approximate surface area is 185 Å². The topological polar surface area (TPSA) is 103 Å². The predicted molar refractivity (Wildman–Crippen MR) is 123 cm³/mol. The number of hydrogen-bond acceptors (Lipinski definition) is 5. The van der Waals surface area contributed by atoms with E-state index in [0.29, 0.717) is 17.8 Å². The second-order valence-electron chi connectivity index (χ2n) is 7.30. The number of nitrogens with zero attached hydrogens (tertiary/aromatic N) is 1. The summed E-state index contributed by atoms with van der Waals surface area (Å²) in [4.78, 5) is 38.0. The zero-order valence-corrected chi connectivity index (χ0v) is 19.0. The molecule has 31 heavy (non-hydrogen) atoms. The molecule has 0 unspecified atom stereocenters. The minimum Gasteiger partial charge on any atom is -0.462 e. The minimum atomic E-state index is -0.651. The molecule has 0 spiro atoms. The Morgan fingerprint density at radius 1 is 1.13 bits per heavy atom. The molecule has 3 aromatic rings. The number of anilines is 1. The number of unbranched alkanes of at least 4 members (excludes halogenated alkanes) is 1. The number of esters is 1. The zero-order chi connectivity index (χ0) is 22.7. The number of amides is 2. The lowest BCUT2D eigenvalue weighted by Gasteiger charge is -2.12. The highest BCUT2D eigenvalue weighted by atomic mass is 32.1. The molecule has 0 aliphatic rings. The zero-order valence-electron chi connectivity index (χ0n) is 18.2. The monoisotopic (exact) mass is 441 g/mol. The number of nitrogens with two attached hydrogens (primary N) is 1. The van der Waals surface area contributed by atoms with Crippen molar-refractivity contribution in [1.82, 2.24) is 4.57 Å². The van der Waals surface area contributed by atoms with Crippen LogP contribution in [0.1, 0.15) is 68.3 Å². The summed E-state index contributed by atoms with van der Waals surface area (Å²) in [5.41, 5.74) is 8.44. The second kappa shape index (κ2) is 9.34. The molecular weight excluding hydrogens is 414 g/mol. The van der Waals surface area contributed by atoms with Gasteiger partial charge in [0.15, 0.2) is 0 Å². The number of rotatable bonds is 8. The number of carbonyl (C=O) groups is 3. The smallest absolute Gasteiger partial charge is 0.341 e. The molecule has 0 atom stereocenters. The second-order valence-corrected chi connectivity index (χ2v) is 8.32. The number of nitrogens with one attached hydrogen (secondary N) is 1. The van der Waals surface area contributed by atoms with Gasteiger partial charge in [-0.05, 0) is 44.4 Å². The fraction of sp³-hybridized carbons (Fsp3) is 0.348. The van der Waals surface area contributed by atoms with Crippen LogP contribution in [0.4, 0.5) is 5.00 Å². The maximum Gasteiger partial charge on any atom is 0.341 e. The van der Waals surface area contributed by atoms with E-state index in [0.717, 1.165) is 40.6 Å². The van der Waals surface area contributed by atoms with E-state index in [1.165, 1.54) is 0 Å². The Kier molecular flexibility index (Phi) is 6.80. The van der Waals surface area contributed by atoms with Crippen molar-refractivity contribution in [1.29, 1.82) is 0 Å². The van der Waals surface area contributed by atoms with E-state index in [9.17, 15) is 14.4 Å². The molecule has 2 amide bonds. The van der Waals surface area contributed by atoms with Crippen molar-refractivity contribution in [3.8, 4) is 0 Å². The summed E-state index contributed by atoms with van der Waals surface area (Å²) in [6.07, 6.45) is 1.92. The molecule has 3 N–H and O–H groups in total. The quantitative estimate of drug-likeness (QED) is 0.497. The van der Waals surface area contributed by atoms with E-state index in [4.69, 9.17) is 10.5 Å². The van der Waals surface area contributed by atoms with Gasteiger partial charge in [0.05, 0.1) is 17.0 Å². The van der Waals surface area contributed by atoms with Crippen LogP contribution in [0.3, 0.4) is 0 Å². The summed E-state index contributed by atoms with van der Waals surface area (Å²) < 4.78 is 7.15. The number of hydrogen-bond donors (Lipinski definition) is 2. The molecular formula is C23H27N3O4S. The van der Waals surface area contributed by atoms with Crippen LogP contribution in [0.25, 0.3) is 10.9 Å². The predicted octanol–water partition coefficient (Wildman–Crippen LogP) is 4.65. The average Bonchev–Trinajstić information content (AvgIpc) is 3.21. The lowest BCUT2D eigenvalue weighted by atomic mass is 10.1. The Morgan fingerprint density at radius 2 is 1.84 bits per heavy atom. The maximum absolute atomic E-state index is 13.4. The molecule has 3 rings (SSSR count). The van der Waals surface area contributed by atoms with Crippen LogP contribution < -0.4 is 11.1 Å². The van der Waals surface area contributed by atoms with Gasteiger partial charge in [0.2, 0.25) is 0 Å². The van der Waals surface area contributed by atoms with Gasteiger partial charge in [-0.3, -0.25) is 9.59 Å². The van der Waals surface area contributed by atoms with Gasteiger partial charge in [-0.1, -0.05) is 31.5 Å². The molecule has 2 aromatic heterocycles. The van der Waals surface area contributed by atoms with Crippen LogP contribution in [-0.4, -0.2) is 29.0 Å². The SMILES string of the molecule is CCCCn1c(C(=O)Nc2sc(C(N)=O)c(C)c2C(=O)OCC)c(C)c2ccccc21. The molecule has 0 bridgehead atoms. The first kappa shape index (κ1) is 22.6. The van der Waals surface area contributed by atoms with Crippen LogP contribution in [0, 0.1) is 13.8 Å². The van der Waals surface area contributed by atoms with Crippen molar-refractivity contribution < 1.29 is 19.1 Å². The first-order valence-corrected chi connectivity index (χ1v) is 11.1. The number of benzene rings is 1. The summed E-state index contributed by atoms with van der Waals surface area (Å²) in [5.74, 6) is -1.59. The van der Waals surface area contributed by atoms with Crippen LogP contribution in [0.2, 0.25) is 0 Å². The van der Waals surface area contributed by atoms with Gasteiger partial charge < -0.3 is 20.4 Å². The van der Waals surface area contributed by atoms with Gasteiger partial charge in [0.1, 0.15) is 10.7 Å². The van der Waals surface area contributed by atoms with Crippen molar-refractivity contribution >= 4 is 45.0 Å². The van der Waals surface area contributed by atoms with Crippen LogP contribution >= 0.6 is 11.3 Å². The number of carbonyl (C=O) groups excluding carboxylic acids is 3. The van der Waals surface area contributed by atoms with Crippen molar-refractivity contribution in [3.63, 3.8) is 0 Å². The molecule has 0 saturated heterocycles. The van der Waals surface area contributed by atoms with Crippen molar-refractivity contribution in [2.45, 2.75) is 47.1 Å². The highest BCUT2D eigenvalue weighted by molar-refractivity contribution is 7.18. The lowest BCUT2D eigenvalue weighted by Crippen LogP contribution is -2.19. The van der Waals surface area contributed by atoms with Gasteiger partial charge in [-0.2, -0.15) is 0 Å². The van der Waals surface area contributed by atoms with E-state index in [1.807, 2.05) is 35.8 Å². The molecule has 0 aliphatic carbocycles. The summed E-state index contributed by atoms with van der Waals surface area (Å²) >= 11 is 0.991. The van der Waals surface area contributed by atoms with E-state index in [-0.39, 0.29) is 28.0 Å². The third-order valence-corrected chi connectivity index (χ3v) is 6.47. The fourth-order valence-corrected chi connectivity index (χ4v) is 4.81. The largest absolute Gasteiger partial charge is 0.462 e. The number of para-hydroxylation sites is 1. The fourth-order valence-electron chi connectivity index (χ4n) is 3.77. The van der Waals surface area contributed by atoms with Gasteiger partial charge in [-0.25, -0.2) is 4.79 Å². The Morgan fingerprint density at radius 3 is 2.48 bits per heavy atom. The van der Waals surface area contributed by atoms with Crippen molar-refractivity contribution in [2.24, 2.45) is 5.73 Å². The molecule has 164 valence electrons. The summed E-state index contributed by atoms with van der Waals surface area (Å²) in [6, 6.07) is 7.89. The number of fused-ring (bicyclic) bond motifs is 1. The third-order valence-electron chi connectivity index (χ3n) is 5.25. The van der Waals surface area contributed by atoms with E-state index in [2.05, 4.69) is 12.2 Å². The summed E-state index contributed by atoms with van der Waals surface area (Å²) in [5, 5.41) is 4.13. The van der Waals surface area contributed by atoms with E-state index in [1.54, 1.807) is 13.8 Å². The Hall–Kier alpha value is -3.13. The lowest BCUT2D eigenvalue weighted by molar-refractivity contribution is 0.0527. The third kappa shape index (κ3) is 4.20. The van der Waals surface area contributed by atoms with Gasteiger partial charge in [0.25, 0.3) is 11.8 Å². The molecule has 2 heterocycles. The molecule has 1 aromatic carbocycles. The summed E-state index contributed by atoms with van der Waals surface area (Å²) in [6.45, 7) is 8.22. The minimum absolute atomic E-state index is 0.169. The molecule has 0 saturated carbocycles. The standard InChI is InChI=1S/C23H27N3O4S/c1-5-7-12-26-16-11-9-8-10-15(16)13(3)18(26)21(28)25-22-17(23(29)30-6-2)14(4)19(31-22)20(24)27/h8-11H,5-7,12H2,1-4H3,(H2,24,27)(H,25,28). The highest BCUT2D eigenvalue weighted by Gasteiger charge is 2.27. The normalized spacial score (nSPS) is 11.0. The van der Waals surface area contributed by atoms with Crippen LogP contribution in [-0.2, 0) is 11.3 Å². The molecule has 0 radical (unpaired) electrons. The van der Waals surface area contributed by atoms with Gasteiger partial charge in [-0.15, -0.1) is 11.3 Å². The van der Waals surface area contributed by atoms with Gasteiger partial charge in [0, 0.05) is 17.4 Å². The maximum atomic E-state index is 13.4. The van der Waals surface area contributed by atoms with Gasteiger partial charge >= 0.3 is 5.97 Å². The number of primary amides is 1. The first-order valence-electron chi connectivity index (χ1n) is 10.3. The highest BCUT2D eigenvalue weighted by Crippen LogP contribution is 2.35. The number of aromatic nitrogens is 1. The molecule has 7 nitrogen and oxygen atoms in total. The van der Waals surface area contributed by atoms with Crippen LogP contribution in [0.5, 0.6) is 0 Å². The Balaban J connectivity index is 2.09. The molecule has 8 heteroatoms. The van der Waals surface area contributed by atoms with E-state index >= 15 is 0 Å². The Bertz CT molecular complexity index is 1160. The van der Waals surface area contributed by atoms with E-state index < -0.39 is 11.9 Å². The average molecular weight is 442 g/mol. The van der Waals surface area contributed by atoms with Crippen molar-refractivity contribution in [2.75, 3.05) is 11.9 Å². The first-order chi connectivity index (χ1) is 14.8. The number of ether oxygens (including phenoxy) is 1. The van der Waals surface area contributed by atoms with Crippen LogP contribution in [0.15, 0.2) is 24.3 Å². The number of thiophene rings is 1. The molecule has 0 fully saturated rings. The molecule has 0 aliphatic heterocycles. The number of aryl methyl sites for hydroxylation is 2. The van der Waals surface area contributed by atoms with Crippen molar-refractivity contribution in [3.05, 3.63) is 51.5 Å². The summed E-state index contributed by atoms with van der Waals surface area (Å²) in [7, 11) is 0.